The van der Waals surface area contributed by atoms with Gasteiger partial charge in [-0.15, -0.1) is 0 Å². The van der Waals surface area contributed by atoms with Gasteiger partial charge in [0.05, 0.1) is 0 Å². The van der Waals surface area contributed by atoms with Gasteiger partial charge in [0.2, 0.25) is 0 Å². The van der Waals surface area contributed by atoms with E-state index in [9.17, 15) is 0 Å². The van der Waals surface area contributed by atoms with E-state index in [2.05, 4.69) is 17.6 Å². The Bertz CT molecular complexity index is 193. The van der Waals surface area contributed by atoms with E-state index in [1.54, 1.807) is 0 Å². The van der Waals surface area contributed by atoms with E-state index in [4.69, 9.17) is 0 Å². The van der Waals surface area contributed by atoms with Crippen molar-refractivity contribution in [2.45, 2.75) is 51.9 Å². The summed E-state index contributed by atoms with van der Waals surface area (Å²) in [7, 11) is 0. The Morgan fingerprint density at radius 1 is 1.38 bits per heavy atom. The molecular weight excluding hydrogens is 196 g/mol. The van der Waals surface area contributed by atoms with Crippen LogP contribution in [0, 0.1) is 11.3 Å². The molecule has 1 aliphatic carbocycles. The zero-order valence-electron chi connectivity index (χ0n) is 10.9. The van der Waals surface area contributed by atoms with Crippen LogP contribution >= 0.6 is 0 Å². The molecule has 1 aliphatic heterocycles. The van der Waals surface area contributed by atoms with Crippen LogP contribution < -0.4 is 10.6 Å². The molecule has 0 aromatic carbocycles. The molecule has 0 spiro atoms. The van der Waals surface area contributed by atoms with Crippen LogP contribution in [0.15, 0.2) is 0 Å². The average Bonchev–Trinajstić information content (AvgIpc) is 2.64. The lowest BCUT2D eigenvalue weighted by molar-refractivity contribution is 0.256. The van der Waals surface area contributed by atoms with Gasteiger partial charge in [0, 0.05) is 13.1 Å². The summed E-state index contributed by atoms with van der Waals surface area (Å²) in [6, 6.07) is 0. The van der Waals surface area contributed by atoms with E-state index in [1.807, 2.05) is 0 Å². The first-order chi connectivity index (χ1) is 7.85. The molecule has 1 atom stereocenters. The Labute approximate surface area is 101 Å². The number of hydrogen-bond donors (Lipinski definition) is 2. The molecule has 0 radical (unpaired) electrons. The minimum absolute atomic E-state index is 0.578. The summed E-state index contributed by atoms with van der Waals surface area (Å²) in [6.07, 6.45) is 9.95. The predicted octanol–water partition coefficient (Wildman–Crippen LogP) is 2.55. The zero-order chi connectivity index (χ0) is 11.3. The van der Waals surface area contributed by atoms with Crippen LogP contribution in [0.2, 0.25) is 0 Å². The summed E-state index contributed by atoms with van der Waals surface area (Å²) in [5.74, 6) is 1.05. The third kappa shape index (κ3) is 3.21. The Morgan fingerprint density at radius 3 is 2.81 bits per heavy atom. The molecular formula is C14H28N2. The van der Waals surface area contributed by atoms with Gasteiger partial charge in [0.1, 0.15) is 0 Å². The van der Waals surface area contributed by atoms with Gasteiger partial charge in [-0.2, -0.15) is 0 Å². The maximum absolute atomic E-state index is 3.71. The second-order valence-electron chi connectivity index (χ2n) is 5.94. The van der Waals surface area contributed by atoms with Crippen molar-refractivity contribution in [3.63, 3.8) is 0 Å². The van der Waals surface area contributed by atoms with Crippen molar-refractivity contribution in [3.8, 4) is 0 Å². The van der Waals surface area contributed by atoms with E-state index >= 15 is 0 Å². The van der Waals surface area contributed by atoms with Crippen LogP contribution in [-0.2, 0) is 0 Å². The molecule has 1 saturated carbocycles. The fourth-order valence-corrected chi connectivity index (χ4v) is 3.22. The van der Waals surface area contributed by atoms with E-state index in [1.165, 1.54) is 71.1 Å². The van der Waals surface area contributed by atoms with Gasteiger partial charge in [-0.05, 0) is 43.7 Å². The molecule has 2 heteroatoms. The minimum Gasteiger partial charge on any atom is -0.316 e. The van der Waals surface area contributed by atoms with Crippen LogP contribution in [-0.4, -0.2) is 26.2 Å². The van der Waals surface area contributed by atoms with Gasteiger partial charge >= 0.3 is 0 Å². The molecule has 2 fully saturated rings. The molecule has 2 aliphatic rings. The van der Waals surface area contributed by atoms with Gasteiger partial charge in [0.25, 0.3) is 0 Å². The second kappa shape index (κ2) is 6.02. The van der Waals surface area contributed by atoms with Crippen LogP contribution in [0.4, 0.5) is 0 Å². The van der Waals surface area contributed by atoms with Crippen molar-refractivity contribution >= 4 is 0 Å². The van der Waals surface area contributed by atoms with Gasteiger partial charge < -0.3 is 10.6 Å². The van der Waals surface area contributed by atoms with Crippen LogP contribution in [0.3, 0.4) is 0 Å². The first kappa shape index (κ1) is 12.4. The average molecular weight is 224 g/mol. The molecule has 1 saturated heterocycles. The van der Waals surface area contributed by atoms with Crippen LogP contribution in [0.25, 0.3) is 0 Å². The summed E-state index contributed by atoms with van der Waals surface area (Å²) in [5.41, 5.74) is 0.578. The lowest BCUT2D eigenvalue weighted by Crippen LogP contribution is -2.37. The molecule has 2 N–H and O–H groups in total. The van der Waals surface area contributed by atoms with Crippen LogP contribution in [0.1, 0.15) is 51.9 Å². The molecule has 2 rings (SSSR count). The molecule has 0 amide bonds. The summed E-state index contributed by atoms with van der Waals surface area (Å²) in [6.45, 7) is 7.26. The summed E-state index contributed by atoms with van der Waals surface area (Å²) >= 11 is 0. The lowest BCUT2D eigenvalue weighted by atomic mass is 9.81. The normalized spacial score (nSPS) is 30.6. The monoisotopic (exact) mass is 224 g/mol. The minimum atomic E-state index is 0.578. The standard InChI is InChI=1S/C14H28N2/c1-2-7-14(8-10-16-12-14)11-15-9-6-13-4-3-5-13/h13,15-16H,2-12H2,1H3. The smallest absolute Gasteiger partial charge is 0.00205 e. The molecule has 1 heterocycles. The highest BCUT2D eigenvalue weighted by Gasteiger charge is 2.32. The highest BCUT2D eigenvalue weighted by Crippen LogP contribution is 2.31. The van der Waals surface area contributed by atoms with E-state index in [0.717, 1.165) is 5.92 Å². The largest absolute Gasteiger partial charge is 0.316 e. The third-order valence-corrected chi connectivity index (χ3v) is 4.57. The van der Waals surface area contributed by atoms with Crippen molar-refractivity contribution in [1.29, 1.82) is 0 Å². The fraction of sp³-hybridized carbons (Fsp3) is 1.00. The highest BCUT2D eigenvalue weighted by atomic mass is 15.0. The highest BCUT2D eigenvalue weighted by molar-refractivity contribution is 4.89. The quantitative estimate of drug-likeness (QED) is 0.649. The summed E-state index contributed by atoms with van der Waals surface area (Å²) < 4.78 is 0. The Kier molecular flexibility index (Phi) is 4.66. The summed E-state index contributed by atoms with van der Waals surface area (Å²) in [5, 5.41) is 7.24. The van der Waals surface area contributed by atoms with Gasteiger partial charge in [0.15, 0.2) is 0 Å². The van der Waals surface area contributed by atoms with Crippen molar-refractivity contribution in [2.75, 3.05) is 26.2 Å². The maximum atomic E-state index is 3.71. The zero-order valence-corrected chi connectivity index (χ0v) is 10.9. The predicted molar refractivity (Wildman–Crippen MR) is 69.7 cm³/mol. The third-order valence-electron chi connectivity index (χ3n) is 4.57. The number of nitrogens with one attached hydrogen (secondary N) is 2. The molecule has 0 bridgehead atoms. The molecule has 16 heavy (non-hydrogen) atoms. The summed E-state index contributed by atoms with van der Waals surface area (Å²) in [4.78, 5) is 0. The second-order valence-corrected chi connectivity index (χ2v) is 5.94. The molecule has 0 aromatic rings. The maximum Gasteiger partial charge on any atom is 0.00205 e. The fourth-order valence-electron chi connectivity index (χ4n) is 3.22. The van der Waals surface area contributed by atoms with Crippen LogP contribution in [0.5, 0.6) is 0 Å². The Hall–Kier alpha value is -0.0800. The molecule has 94 valence electrons. The lowest BCUT2D eigenvalue weighted by Gasteiger charge is -2.30. The molecule has 0 aromatic heterocycles. The van der Waals surface area contributed by atoms with Gasteiger partial charge in [-0.25, -0.2) is 0 Å². The van der Waals surface area contributed by atoms with E-state index < -0.39 is 0 Å². The van der Waals surface area contributed by atoms with Crippen molar-refractivity contribution < 1.29 is 0 Å². The first-order valence-electron chi connectivity index (χ1n) is 7.26. The molecule has 1 unspecified atom stereocenters. The van der Waals surface area contributed by atoms with E-state index in [0.29, 0.717) is 5.41 Å². The SMILES string of the molecule is CCCC1(CNCCC2CCC2)CCNC1. The Morgan fingerprint density at radius 2 is 2.25 bits per heavy atom. The first-order valence-corrected chi connectivity index (χ1v) is 7.26. The molecule has 2 nitrogen and oxygen atoms in total. The van der Waals surface area contributed by atoms with Crippen molar-refractivity contribution in [2.24, 2.45) is 11.3 Å². The van der Waals surface area contributed by atoms with Gasteiger partial charge in [-0.3, -0.25) is 0 Å². The number of rotatable bonds is 7. The topological polar surface area (TPSA) is 24.1 Å². The van der Waals surface area contributed by atoms with Crippen molar-refractivity contribution in [3.05, 3.63) is 0 Å². The van der Waals surface area contributed by atoms with Crippen molar-refractivity contribution in [1.82, 2.24) is 10.6 Å². The van der Waals surface area contributed by atoms with E-state index in [-0.39, 0.29) is 0 Å². The van der Waals surface area contributed by atoms with Gasteiger partial charge in [-0.1, -0.05) is 32.6 Å². The Balaban J connectivity index is 1.61. The number of hydrogen-bond acceptors (Lipinski definition) is 2.